The molecule has 1 aliphatic rings. The molecule has 0 aliphatic carbocycles. The lowest BCUT2D eigenvalue weighted by Crippen LogP contribution is -2.33. The number of thiazole rings is 1. The van der Waals surface area contributed by atoms with Crippen LogP contribution in [0.25, 0.3) is 0 Å². The molecule has 0 amide bonds. The molecule has 0 atom stereocenters. The monoisotopic (exact) mass is 242 g/mol. The minimum absolute atomic E-state index is 0.763. The van der Waals surface area contributed by atoms with Crippen LogP contribution in [0.15, 0.2) is 5.51 Å². The Bertz CT molecular complexity index is 293. The van der Waals surface area contributed by atoms with Gasteiger partial charge in [-0.1, -0.05) is 0 Å². The molecule has 2 heterocycles. The first-order chi connectivity index (χ1) is 7.36. The number of hydrogen-bond acceptors (Lipinski definition) is 4. The van der Waals surface area contributed by atoms with Gasteiger partial charge in [-0.05, 0) is 37.7 Å². The van der Waals surface area contributed by atoms with Crippen molar-refractivity contribution in [3.05, 3.63) is 16.1 Å². The molecule has 1 aliphatic heterocycles. The highest BCUT2D eigenvalue weighted by atomic mass is 32.2. The molecule has 2 nitrogen and oxygen atoms in total. The molecule has 1 aromatic rings. The highest BCUT2D eigenvalue weighted by molar-refractivity contribution is 7.99. The molecule has 84 valence electrons. The molecule has 0 aromatic carbocycles. The molecule has 4 heteroatoms. The summed E-state index contributed by atoms with van der Waals surface area (Å²) in [7, 11) is 0. The second kappa shape index (κ2) is 5.87. The minimum atomic E-state index is 0.763. The van der Waals surface area contributed by atoms with Gasteiger partial charge in [-0.2, -0.15) is 11.8 Å². The van der Waals surface area contributed by atoms with E-state index in [4.69, 9.17) is 0 Å². The molecule has 0 radical (unpaired) electrons. The van der Waals surface area contributed by atoms with Crippen molar-refractivity contribution in [1.29, 1.82) is 0 Å². The Morgan fingerprint density at radius 3 is 2.93 bits per heavy atom. The van der Waals surface area contributed by atoms with E-state index < -0.39 is 0 Å². The average Bonchev–Trinajstić information content (AvgIpc) is 2.66. The largest absolute Gasteiger partial charge is 0.314 e. The topological polar surface area (TPSA) is 24.9 Å². The van der Waals surface area contributed by atoms with E-state index in [1.165, 1.54) is 34.9 Å². The summed E-state index contributed by atoms with van der Waals surface area (Å²) in [6, 6.07) is 0.763. The van der Waals surface area contributed by atoms with E-state index in [1.807, 2.05) is 5.51 Å². The number of nitrogens with zero attached hydrogens (tertiary/aromatic N) is 1. The van der Waals surface area contributed by atoms with Gasteiger partial charge in [-0.25, -0.2) is 4.98 Å². The number of thioether (sulfide) groups is 1. The Morgan fingerprint density at radius 2 is 2.27 bits per heavy atom. The number of hydrogen-bond donors (Lipinski definition) is 1. The zero-order chi connectivity index (χ0) is 10.5. The van der Waals surface area contributed by atoms with Gasteiger partial charge in [0.05, 0.1) is 11.2 Å². The molecule has 1 N–H and O–H groups in total. The van der Waals surface area contributed by atoms with E-state index in [1.54, 1.807) is 11.3 Å². The lowest BCUT2D eigenvalue weighted by atomic mass is 10.1. The Balaban J connectivity index is 1.68. The second-order valence-corrected chi connectivity index (χ2v) is 6.12. The number of aryl methyl sites for hydroxylation is 1. The molecule has 0 unspecified atom stereocenters. The molecular formula is C11H18N2S2. The van der Waals surface area contributed by atoms with Gasteiger partial charge in [0.1, 0.15) is 0 Å². The average molecular weight is 242 g/mol. The lowest BCUT2D eigenvalue weighted by molar-refractivity contribution is 0.486. The van der Waals surface area contributed by atoms with Gasteiger partial charge in [0.15, 0.2) is 0 Å². The molecule has 0 saturated carbocycles. The fourth-order valence-corrected chi connectivity index (χ4v) is 3.75. The number of aromatic nitrogens is 1. The molecular weight excluding hydrogens is 224 g/mol. The maximum atomic E-state index is 4.27. The highest BCUT2D eigenvalue weighted by Crippen LogP contribution is 2.17. The fraction of sp³-hybridized carbons (Fsp3) is 0.727. The first kappa shape index (κ1) is 11.4. The third-order valence-electron chi connectivity index (χ3n) is 2.85. The Labute approximate surface area is 99.9 Å². The normalized spacial score (nSPS) is 18.2. The van der Waals surface area contributed by atoms with Crippen molar-refractivity contribution in [1.82, 2.24) is 10.3 Å². The van der Waals surface area contributed by atoms with Gasteiger partial charge in [-0.15, -0.1) is 11.3 Å². The van der Waals surface area contributed by atoms with E-state index in [2.05, 4.69) is 29.0 Å². The van der Waals surface area contributed by atoms with Crippen molar-refractivity contribution in [3.63, 3.8) is 0 Å². The first-order valence-electron chi connectivity index (χ1n) is 5.56. The van der Waals surface area contributed by atoms with Crippen LogP contribution in [0, 0.1) is 6.92 Å². The standard InChI is InChI=1S/C11H18N2S2/c1-9-11(15-8-13-9)2-5-12-10-3-6-14-7-4-10/h8,10,12H,2-7H2,1H3. The maximum Gasteiger partial charge on any atom is 0.0797 e. The van der Waals surface area contributed by atoms with Crippen molar-refractivity contribution in [2.75, 3.05) is 18.1 Å². The smallest absolute Gasteiger partial charge is 0.0797 e. The molecule has 1 fully saturated rings. The van der Waals surface area contributed by atoms with Gasteiger partial charge in [-0.3, -0.25) is 0 Å². The van der Waals surface area contributed by atoms with E-state index in [0.29, 0.717) is 0 Å². The van der Waals surface area contributed by atoms with Crippen molar-refractivity contribution in [2.45, 2.75) is 32.2 Å². The van der Waals surface area contributed by atoms with Crippen LogP contribution in [0.5, 0.6) is 0 Å². The van der Waals surface area contributed by atoms with Crippen molar-refractivity contribution >= 4 is 23.1 Å². The predicted molar refractivity (Wildman–Crippen MR) is 68.9 cm³/mol. The highest BCUT2D eigenvalue weighted by Gasteiger charge is 2.12. The predicted octanol–water partition coefficient (Wildman–Crippen LogP) is 2.48. The van der Waals surface area contributed by atoms with Crippen LogP contribution < -0.4 is 5.32 Å². The first-order valence-corrected chi connectivity index (χ1v) is 7.60. The summed E-state index contributed by atoms with van der Waals surface area (Å²) in [6.45, 7) is 3.21. The molecule has 1 aromatic heterocycles. The molecule has 15 heavy (non-hydrogen) atoms. The third-order valence-corrected chi connectivity index (χ3v) is 4.89. The van der Waals surface area contributed by atoms with Crippen LogP contribution in [0.1, 0.15) is 23.4 Å². The van der Waals surface area contributed by atoms with Gasteiger partial charge in [0.25, 0.3) is 0 Å². The van der Waals surface area contributed by atoms with E-state index in [0.717, 1.165) is 19.0 Å². The summed E-state index contributed by atoms with van der Waals surface area (Å²) in [5.74, 6) is 2.66. The van der Waals surface area contributed by atoms with Crippen LogP contribution in [0.2, 0.25) is 0 Å². The quantitative estimate of drug-likeness (QED) is 0.878. The van der Waals surface area contributed by atoms with E-state index >= 15 is 0 Å². The van der Waals surface area contributed by atoms with Crippen molar-refractivity contribution in [2.24, 2.45) is 0 Å². The van der Waals surface area contributed by atoms with Crippen LogP contribution in [0.4, 0.5) is 0 Å². The van der Waals surface area contributed by atoms with Crippen LogP contribution in [-0.2, 0) is 6.42 Å². The van der Waals surface area contributed by atoms with Crippen molar-refractivity contribution in [3.8, 4) is 0 Å². The van der Waals surface area contributed by atoms with E-state index in [9.17, 15) is 0 Å². The fourth-order valence-electron chi connectivity index (χ4n) is 1.86. The van der Waals surface area contributed by atoms with Crippen LogP contribution >= 0.6 is 23.1 Å². The van der Waals surface area contributed by atoms with Crippen molar-refractivity contribution < 1.29 is 0 Å². The second-order valence-electron chi connectivity index (χ2n) is 3.95. The minimum Gasteiger partial charge on any atom is -0.314 e. The molecule has 1 saturated heterocycles. The van der Waals surface area contributed by atoms with Crippen LogP contribution in [0.3, 0.4) is 0 Å². The lowest BCUT2D eigenvalue weighted by Gasteiger charge is -2.22. The molecule has 0 spiro atoms. The number of rotatable bonds is 4. The summed E-state index contributed by atoms with van der Waals surface area (Å²) in [6.07, 6.45) is 3.82. The maximum absolute atomic E-state index is 4.27. The van der Waals surface area contributed by atoms with Gasteiger partial charge >= 0.3 is 0 Å². The van der Waals surface area contributed by atoms with Gasteiger partial charge in [0.2, 0.25) is 0 Å². The summed E-state index contributed by atoms with van der Waals surface area (Å²) >= 11 is 3.87. The van der Waals surface area contributed by atoms with Crippen LogP contribution in [-0.4, -0.2) is 29.1 Å². The molecule has 0 bridgehead atoms. The Hall–Kier alpha value is -0.0600. The van der Waals surface area contributed by atoms with Gasteiger partial charge in [0, 0.05) is 17.5 Å². The summed E-state index contributed by atoms with van der Waals surface area (Å²) in [4.78, 5) is 5.71. The van der Waals surface area contributed by atoms with E-state index in [-0.39, 0.29) is 0 Å². The molecule has 2 rings (SSSR count). The Kier molecular flexibility index (Phi) is 4.47. The Morgan fingerprint density at radius 1 is 1.47 bits per heavy atom. The summed E-state index contributed by atoms with van der Waals surface area (Å²) in [5, 5.41) is 3.65. The number of nitrogens with one attached hydrogen (secondary N) is 1. The summed E-state index contributed by atoms with van der Waals surface area (Å²) in [5.41, 5.74) is 3.16. The third kappa shape index (κ3) is 3.47. The summed E-state index contributed by atoms with van der Waals surface area (Å²) < 4.78 is 0. The zero-order valence-electron chi connectivity index (χ0n) is 9.16. The SMILES string of the molecule is Cc1ncsc1CCNC1CCSCC1. The zero-order valence-corrected chi connectivity index (χ0v) is 10.8. The van der Waals surface area contributed by atoms with Gasteiger partial charge < -0.3 is 5.32 Å².